The maximum Gasteiger partial charge on any atom is 0.356 e. The molecule has 2 aromatic carbocycles. The average molecular weight is 420 g/mol. The van der Waals surface area contributed by atoms with Gasteiger partial charge in [0.25, 0.3) is 0 Å². The Hall–Kier alpha value is -3.87. The third-order valence-electron chi connectivity index (χ3n) is 5.14. The molecule has 0 fully saturated rings. The van der Waals surface area contributed by atoms with Crippen molar-refractivity contribution >= 4 is 22.8 Å². The molecule has 7 heteroatoms. The number of hydrogen-bond acceptors (Lipinski definition) is 4. The van der Waals surface area contributed by atoms with Crippen LogP contribution in [0.3, 0.4) is 0 Å². The minimum Gasteiger partial charge on any atom is -0.465 e. The molecule has 0 aliphatic carbocycles. The van der Waals surface area contributed by atoms with Crippen molar-refractivity contribution in [3.05, 3.63) is 83.4 Å². The average Bonchev–Trinajstić information content (AvgIpc) is 3.32. The fourth-order valence-electron chi connectivity index (χ4n) is 3.73. The highest BCUT2D eigenvalue weighted by Crippen LogP contribution is 2.31. The van der Waals surface area contributed by atoms with Crippen LogP contribution in [0.4, 0.5) is 4.39 Å². The van der Waals surface area contributed by atoms with Crippen LogP contribution in [0, 0.1) is 12.7 Å². The second-order valence-electron chi connectivity index (χ2n) is 6.93. The number of benzene rings is 2. The van der Waals surface area contributed by atoms with Crippen LogP contribution in [-0.4, -0.2) is 35.0 Å². The van der Waals surface area contributed by atoms with Crippen LogP contribution in [0.25, 0.3) is 22.2 Å². The van der Waals surface area contributed by atoms with E-state index in [0.29, 0.717) is 22.5 Å². The number of fused-ring (bicyclic) bond motifs is 1. The summed E-state index contributed by atoms with van der Waals surface area (Å²) >= 11 is 0. The summed E-state index contributed by atoms with van der Waals surface area (Å²) in [5, 5.41) is 0.275. The highest BCUT2D eigenvalue weighted by molar-refractivity contribution is 5.97. The largest absolute Gasteiger partial charge is 0.465 e. The molecule has 6 nitrogen and oxygen atoms in total. The van der Waals surface area contributed by atoms with E-state index in [4.69, 9.17) is 9.47 Å². The highest BCUT2D eigenvalue weighted by atomic mass is 19.1. The van der Waals surface area contributed by atoms with E-state index >= 15 is 0 Å². The van der Waals surface area contributed by atoms with Gasteiger partial charge in [0.05, 0.1) is 36.2 Å². The number of hydrogen-bond donors (Lipinski definition) is 0. The third-order valence-corrected chi connectivity index (χ3v) is 5.14. The van der Waals surface area contributed by atoms with Gasteiger partial charge in [0, 0.05) is 10.9 Å². The third kappa shape index (κ3) is 3.38. The predicted octanol–water partition coefficient (Wildman–Crippen LogP) is 4.83. The molecule has 0 spiro atoms. The number of aromatic nitrogens is 2. The van der Waals surface area contributed by atoms with Gasteiger partial charge in [-0.2, -0.15) is 0 Å². The number of methoxy groups -OCH3 is 1. The zero-order valence-corrected chi connectivity index (χ0v) is 17.4. The lowest BCUT2D eigenvalue weighted by Crippen LogP contribution is -2.20. The second kappa shape index (κ2) is 8.10. The zero-order chi connectivity index (χ0) is 22.1. The van der Waals surface area contributed by atoms with Crippen molar-refractivity contribution in [3.63, 3.8) is 0 Å². The fourth-order valence-corrected chi connectivity index (χ4v) is 3.73. The van der Waals surface area contributed by atoms with Crippen molar-refractivity contribution in [1.82, 2.24) is 9.35 Å². The zero-order valence-electron chi connectivity index (χ0n) is 17.4. The number of halogens is 1. The minimum absolute atomic E-state index is 0.147. The molecular formula is C24H21FN2O4. The maximum atomic E-state index is 14.6. The lowest BCUT2D eigenvalue weighted by atomic mass is 10.1. The summed E-state index contributed by atoms with van der Waals surface area (Å²) in [6, 6.07) is 17.2. The molecule has 0 radical (unpaired) electrons. The molecule has 0 saturated heterocycles. The van der Waals surface area contributed by atoms with Gasteiger partial charge >= 0.3 is 11.9 Å². The monoisotopic (exact) mass is 420 g/mol. The Balaban J connectivity index is 2.12. The van der Waals surface area contributed by atoms with Crippen molar-refractivity contribution in [2.24, 2.45) is 0 Å². The van der Waals surface area contributed by atoms with Crippen LogP contribution in [0.5, 0.6) is 0 Å². The van der Waals surface area contributed by atoms with Gasteiger partial charge in [0.2, 0.25) is 0 Å². The van der Waals surface area contributed by atoms with E-state index in [9.17, 15) is 14.0 Å². The maximum absolute atomic E-state index is 14.6. The van der Waals surface area contributed by atoms with Crippen molar-refractivity contribution < 1.29 is 23.5 Å². The molecule has 0 saturated carbocycles. The summed E-state index contributed by atoms with van der Waals surface area (Å²) in [7, 11) is 1.31. The number of ether oxygens (including phenoxy) is 2. The van der Waals surface area contributed by atoms with E-state index in [-0.39, 0.29) is 17.7 Å². The van der Waals surface area contributed by atoms with E-state index < -0.39 is 17.8 Å². The van der Waals surface area contributed by atoms with Gasteiger partial charge < -0.3 is 9.47 Å². The summed E-state index contributed by atoms with van der Waals surface area (Å²) in [5.74, 6) is -1.56. The van der Waals surface area contributed by atoms with Gasteiger partial charge in [-0.15, -0.1) is 0 Å². The quantitative estimate of drug-likeness (QED) is 0.434. The van der Waals surface area contributed by atoms with Gasteiger partial charge in [0.1, 0.15) is 11.5 Å². The van der Waals surface area contributed by atoms with Crippen LogP contribution in [0.1, 0.15) is 33.5 Å². The fraction of sp³-hybridized carbons (Fsp3) is 0.167. The first-order valence-electron chi connectivity index (χ1n) is 9.81. The lowest BCUT2D eigenvalue weighted by Gasteiger charge is -2.18. The summed E-state index contributed by atoms with van der Waals surface area (Å²) in [6.45, 7) is 3.63. The molecule has 0 amide bonds. The lowest BCUT2D eigenvalue weighted by molar-refractivity contribution is 0.0512. The van der Waals surface area contributed by atoms with Crippen molar-refractivity contribution in [2.45, 2.75) is 13.8 Å². The topological polar surface area (TPSA) is 62.5 Å². The molecule has 2 aromatic heterocycles. The number of rotatable bonds is 5. The minimum atomic E-state index is -0.593. The number of esters is 2. The number of nitrogens with zero attached hydrogens (tertiary/aromatic N) is 2. The Morgan fingerprint density at radius 2 is 1.71 bits per heavy atom. The van der Waals surface area contributed by atoms with E-state index in [2.05, 4.69) is 0 Å². The van der Waals surface area contributed by atoms with E-state index in [1.54, 1.807) is 41.4 Å². The molecular weight excluding hydrogens is 399 g/mol. The van der Waals surface area contributed by atoms with Crippen LogP contribution in [0.15, 0.2) is 60.7 Å². The summed E-state index contributed by atoms with van der Waals surface area (Å²) in [5.41, 5.74) is 2.96. The molecule has 2 heterocycles. The molecule has 0 bridgehead atoms. The number of carbonyl (C=O) groups excluding carboxylic acids is 2. The Kier molecular flexibility index (Phi) is 5.33. The van der Waals surface area contributed by atoms with Crippen LogP contribution < -0.4 is 0 Å². The van der Waals surface area contributed by atoms with Gasteiger partial charge in [-0.05, 0) is 38.1 Å². The van der Waals surface area contributed by atoms with Crippen molar-refractivity contribution in [3.8, 4) is 11.3 Å². The molecule has 0 aliphatic rings. The Labute approximate surface area is 178 Å². The first kappa shape index (κ1) is 20.4. The highest BCUT2D eigenvalue weighted by Gasteiger charge is 2.26. The van der Waals surface area contributed by atoms with Crippen LogP contribution >= 0.6 is 0 Å². The molecule has 0 N–H and O–H groups in total. The van der Waals surface area contributed by atoms with Gasteiger partial charge in [-0.3, -0.25) is 4.68 Å². The molecule has 0 atom stereocenters. The van der Waals surface area contributed by atoms with Gasteiger partial charge in [-0.1, -0.05) is 36.4 Å². The standard InChI is InChI=1S/C24H21FN2O4/c1-4-31-24(29)22-14-18-19(25)11-8-12-20(18)27(22)26-15(2)17(23(28)30-3)13-21(26)16-9-6-5-7-10-16/h5-14H,4H2,1-3H3. The Bertz CT molecular complexity index is 1290. The van der Waals surface area contributed by atoms with E-state index in [1.807, 2.05) is 30.3 Å². The SMILES string of the molecule is CCOC(=O)c1cc2c(F)cccc2n1-n1c(-c2ccccc2)cc(C(=O)OC)c1C. The Morgan fingerprint density at radius 3 is 2.39 bits per heavy atom. The summed E-state index contributed by atoms with van der Waals surface area (Å²) in [6.07, 6.45) is 0. The van der Waals surface area contributed by atoms with Gasteiger partial charge in [-0.25, -0.2) is 18.7 Å². The molecule has 0 unspecified atom stereocenters. The molecule has 4 aromatic rings. The summed E-state index contributed by atoms with van der Waals surface area (Å²) < 4.78 is 28.1. The normalized spacial score (nSPS) is 11.0. The molecule has 158 valence electrons. The summed E-state index contributed by atoms with van der Waals surface area (Å²) in [4.78, 5) is 25.2. The van der Waals surface area contributed by atoms with Crippen molar-refractivity contribution in [1.29, 1.82) is 0 Å². The van der Waals surface area contributed by atoms with Crippen molar-refractivity contribution in [2.75, 3.05) is 13.7 Å². The predicted molar refractivity (Wildman–Crippen MR) is 115 cm³/mol. The first-order chi connectivity index (χ1) is 15.0. The van der Waals surface area contributed by atoms with E-state index in [0.717, 1.165) is 5.56 Å². The second-order valence-corrected chi connectivity index (χ2v) is 6.93. The molecule has 4 rings (SSSR count). The molecule has 31 heavy (non-hydrogen) atoms. The number of carbonyl (C=O) groups is 2. The van der Waals surface area contributed by atoms with Crippen LogP contribution in [0.2, 0.25) is 0 Å². The first-order valence-corrected chi connectivity index (χ1v) is 9.81. The Morgan fingerprint density at radius 1 is 0.968 bits per heavy atom. The smallest absolute Gasteiger partial charge is 0.356 e. The van der Waals surface area contributed by atoms with Crippen LogP contribution in [-0.2, 0) is 9.47 Å². The van der Waals surface area contributed by atoms with E-state index in [1.165, 1.54) is 19.2 Å². The molecule has 0 aliphatic heterocycles. The van der Waals surface area contributed by atoms with Gasteiger partial charge in [0.15, 0.2) is 0 Å².